The lowest BCUT2D eigenvalue weighted by Crippen LogP contribution is -2.16. The Morgan fingerprint density at radius 3 is 2.52 bits per heavy atom. The number of benzene rings is 1. The van der Waals surface area contributed by atoms with Crippen LogP contribution in [0.15, 0.2) is 30.3 Å². The van der Waals surface area contributed by atoms with Crippen LogP contribution in [-0.2, 0) is 13.0 Å². The summed E-state index contributed by atoms with van der Waals surface area (Å²) in [5.74, 6) is 4.23. The molecule has 3 atom stereocenters. The van der Waals surface area contributed by atoms with E-state index in [1.165, 1.54) is 25.7 Å². The van der Waals surface area contributed by atoms with E-state index in [4.69, 9.17) is 0 Å². The van der Waals surface area contributed by atoms with Crippen LogP contribution in [-0.4, -0.2) is 19.9 Å². The van der Waals surface area contributed by atoms with E-state index < -0.39 is 0 Å². The number of hydrogen-bond donors (Lipinski definition) is 1. The molecule has 110 valence electrons. The van der Waals surface area contributed by atoms with E-state index in [0.29, 0.717) is 5.82 Å². The molecule has 2 aromatic rings. The molecule has 21 heavy (non-hydrogen) atoms. The summed E-state index contributed by atoms with van der Waals surface area (Å²) < 4.78 is 2.03. The molecular formula is C17H21N3O. The first-order valence-electron chi connectivity index (χ1n) is 7.94. The first-order valence-corrected chi connectivity index (χ1v) is 7.94. The lowest BCUT2D eigenvalue weighted by atomic mass is 9.86. The van der Waals surface area contributed by atoms with Crippen molar-refractivity contribution < 1.29 is 5.11 Å². The summed E-state index contributed by atoms with van der Waals surface area (Å²) in [4.78, 5) is 0. The van der Waals surface area contributed by atoms with E-state index in [1.807, 2.05) is 34.9 Å². The molecule has 1 aromatic heterocycles. The van der Waals surface area contributed by atoms with Crippen LogP contribution in [0.2, 0.25) is 0 Å². The lowest BCUT2D eigenvalue weighted by Gasteiger charge is -2.21. The van der Waals surface area contributed by atoms with Crippen LogP contribution in [0.1, 0.15) is 37.3 Å². The van der Waals surface area contributed by atoms with Gasteiger partial charge in [-0.25, -0.2) is 0 Å². The maximum Gasteiger partial charge on any atom is 0.163 e. The van der Waals surface area contributed by atoms with Crippen molar-refractivity contribution in [3.05, 3.63) is 42.0 Å². The molecule has 2 saturated carbocycles. The van der Waals surface area contributed by atoms with Crippen LogP contribution in [0, 0.1) is 17.8 Å². The van der Waals surface area contributed by atoms with Gasteiger partial charge in [-0.05, 0) is 49.1 Å². The Morgan fingerprint density at radius 2 is 1.86 bits per heavy atom. The van der Waals surface area contributed by atoms with Gasteiger partial charge in [-0.15, -0.1) is 10.2 Å². The van der Waals surface area contributed by atoms with Crippen molar-refractivity contribution in [2.24, 2.45) is 17.8 Å². The Hall–Kier alpha value is -1.68. The number of nitrogens with zero attached hydrogens (tertiary/aromatic N) is 3. The Labute approximate surface area is 124 Å². The Balaban J connectivity index is 1.65. The van der Waals surface area contributed by atoms with Gasteiger partial charge in [0, 0.05) is 12.1 Å². The fraction of sp³-hybridized carbons (Fsp3) is 0.529. The fourth-order valence-corrected chi connectivity index (χ4v) is 4.32. The van der Waals surface area contributed by atoms with E-state index in [9.17, 15) is 5.11 Å². The summed E-state index contributed by atoms with van der Waals surface area (Å²) in [6.07, 6.45) is 6.57. The number of aliphatic hydroxyl groups excluding tert-OH is 1. The fourth-order valence-electron chi connectivity index (χ4n) is 4.32. The predicted molar refractivity (Wildman–Crippen MR) is 79.9 cm³/mol. The standard InChI is InChI=1S/C17H21N3O/c21-11-17-19-18-16(20(17)15-4-2-1-3-5-15)10-14-9-12-6-7-13(14)8-12/h1-5,12-14,21H,6-11H2. The van der Waals surface area contributed by atoms with Crippen molar-refractivity contribution in [1.29, 1.82) is 0 Å². The Morgan fingerprint density at radius 1 is 1.05 bits per heavy atom. The number of rotatable bonds is 4. The van der Waals surface area contributed by atoms with Gasteiger partial charge in [0.1, 0.15) is 12.4 Å². The molecule has 1 N–H and O–H groups in total. The van der Waals surface area contributed by atoms with Crippen molar-refractivity contribution >= 4 is 0 Å². The van der Waals surface area contributed by atoms with Crippen molar-refractivity contribution in [3.63, 3.8) is 0 Å². The summed E-state index contributed by atoms with van der Waals surface area (Å²) >= 11 is 0. The molecule has 0 amide bonds. The number of fused-ring (bicyclic) bond motifs is 2. The molecule has 2 fully saturated rings. The van der Waals surface area contributed by atoms with Gasteiger partial charge in [0.2, 0.25) is 0 Å². The molecule has 4 heteroatoms. The smallest absolute Gasteiger partial charge is 0.163 e. The third-order valence-electron chi connectivity index (χ3n) is 5.28. The molecule has 4 rings (SSSR count). The van der Waals surface area contributed by atoms with Gasteiger partial charge in [-0.2, -0.15) is 0 Å². The summed E-state index contributed by atoms with van der Waals surface area (Å²) in [5, 5.41) is 18.1. The SMILES string of the molecule is OCc1nnc(CC2CC3CCC2C3)n1-c1ccccc1. The minimum Gasteiger partial charge on any atom is -0.388 e. The molecule has 2 aliphatic rings. The average molecular weight is 283 g/mol. The van der Waals surface area contributed by atoms with Gasteiger partial charge in [0.05, 0.1) is 0 Å². The minimum absolute atomic E-state index is 0.0708. The van der Waals surface area contributed by atoms with Crippen molar-refractivity contribution in [2.45, 2.75) is 38.7 Å². The Kier molecular flexibility index (Phi) is 3.26. The number of para-hydroxylation sites is 1. The van der Waals surface area contributed by atoms with Crippen LogP contribution < -0.4 is 0 Å². The molecule has 0 aliphatic heterocycles. The topological polar surface area (TPSA) is 50.9 Å². The van der Waals surface area contributed by atoms with Crippen molar-refractivity contribution in [3.8, 4) is 5.69 Å². The third kappa shape index (κ3) is 2.27. The highest BCUT2D eigenvalue weighted by atomic mass is 16.3. The van der Waals surface area contributed by atoms with Gasteiger partial charge in [-0.1, -0.05) is 24.6 Å². The first-order chi connectivity index (χ1) is 10.3. The van der Waals surface area contributed by atoms with Crippen molar-refractivity contribution in [2.75, 3.05) is 0 Å². The molecule has 1 heterocycles. The van der Waals surface area contributed by atoms with E-state index in [2.05, 4.69) is 10.2 Å². The average Bonchev–Trinajstić information content (AvgIpc) is 3.23. The van der Waals surface area contributed by atoms with Crippen LogP contribution in [0.3, 0.4) is 0 Å². The number of hydrogen-bond acceptors (Lipinski definition) is 3. The summed E-state index contributed by atoms with van der Waals surface area (Å²) in [5.41, 5.74) is 1.05. The van der Waals surface area contributed by atoms with Gasteiger partial charge in [0.15, 0.2) is 5.82 Å². The molecule has 0 radical (unpaired) electrons. The van der Waals surface area contributed by atoms with Gasteiger partial charge in [0.25, 0.3) is 0 Å². The maximum atomic E-state index is 9.54. The molecule has 3 unspecified atom stereocenters. The lowest BCUT2D eigenvalue weighted by molar-refractivity contribution is 0.268. The monoisotopic (exact) mass is 283 g/mol. The predicted octanol–water partition coefficient (Wildman–Crippen LogP) is 2.74. The van der Waals surface area contributed by atoms with Crippen LogP contribution in [0.25, 0.3) is 5.69 Å². The second kappa shape index (κ2) is 5.26. The molecule has 0 spiro atoms. The Bertz CT molecular complexity index is 622. The third-order valence-corrected chi connectivity index (χ3v) is 5.28. The first kappa shape index (κ1) is 13.0. The van der Waals surface area contributed by atoms with E-state index in [-0.39, 0.29) is 6.61 Å². The highest BCUT2D eigenvalue weighted by Gasteiger charge is 2.40. The van der Waals surface area contributed by atoms with Crippen LogP contribution >= 0.6 is 0 Å². The molecule has 0 saturated heterocycles. The summed E-state index contributed by atoms with van der Waals surface area (Å²) in [7, 11) is 0. The number of aliphatic hydroxyl groups is 1. The number of aromatic nitrogens is 3. The van der Waals surface area contributed by atoms with Crippen molar-refractivity contribution in [1.82, 2.24) is 14.8 Å². The molecule has 2 bridgehead atoms. The van der Waals surface area contributed by atoms with E-state index >= 15 is 0 Å². The maximum absolute atomic E-state index is 9.54. The largest absolute Gasteiger partial charge is 0.388 e. The zero-order valence-electron chi connectivity index (χ0n) is 12.2. The zero-order chi connectivity index (χ0) is 14.2. The van der Waals surface area contributed by atoms with Gasteiger partial charge in [-0.3, -0.25) is 4.57 Å². The minimum atomic E-state index is -0.0708. The van der Waals surface area contributed by atoms with Gasteiger partial charge >= 0.3 is 0 Å². The van der Waals surface area contributed by atoms with Crippen LogP contribution in [0.4, 0.5) is 0 Å². The van der Waals surface area contributed by atoms with E-state index in [1.54, 1.807) is 0 Å². The summed E-state index contributed by atoms with van der Waals surface area (Å²) in [6.45, 7) is -0.0708. The quantitative estimate of drug-likeness (QED) is 0.938. The zero-order valence-corrected chi connectivity index (χ0v) is 12.2. The molecular weight excluding hydrogens is 262 g/mol. The van der Waals surface area contributed by atoms with E-state index in [0.717, 1.165) is 35.7 Å². The second-order valence-electron chi connectivity index (χ2n) is 6.50. The van der Waals surface area contributed by atoms with Gasteiger partial charge < -0.3 is 5.11 Å². The summed E-state index contributed by atoms with van der Waals surface area (Å²) in [6, 6.07) is 10.1. The normalized spacial score (nSPS) is 27.4. The highest BCUT2D eigenvalue weighted by molar-refractivity contribution is 5.34. The molecule has 4 nitrogen and oxygen atoms in total. The highest BCUT2D eigenvalue weighted by Crippen LogP contribution is 2.49. The molecule has 2 aliphatic carbocycles. The second-order valence-corrected chi connectivity index (χ2v) is 6.50. The van der Waals surface area contributed by atoms with Crippen LogP contribution in [0.5, 0.6) is 0 Å². The molecule has 1 aromatic carbocycles.